The topological polar surface area (TPSA) is 103 Å². The molecular formula is C12H16N4O3. The maximum Gasteiger partial charge on any atom is 0.343 e. The summed E-state index contributed by atoms with van der Waals surface area (Å²) in [5, 5.41) is 13.2. The summed E-state index contributed by atoms with van der Waals surface area (Å²) in [7, 11) is 0. The van der Waals surface area contributed by atoms with Gasteiger partial charge in [0, 0.05) is 12.8 Å². The molecule has 2 heterocycles. The summed E-state index contributed by atoms with van der Waals surface area (Å²) in [5.74, 6) is -0.583. The van der Waals surface area contributed by atoms with E-state index in [2.05, 4.69) is 11.2 Å². The van der Waals surface area contributed by atoms with Gasteiger partial charge < -0.3 is 15.2 Å². The highest BCUT2D eigenvalue weighted by Crippen LogP contribution is 2.27. The van der Waals surface area contributed by atoms with E-state index in [0.29, 0.717) is 19.6 Å². The summed E-state index contributed by atoms with van der Waals surface area (Å²) in [5.41, 5.74) is 5.94. The van der Waals surface area contributed by atoms with Crippen LogP contribution in [0.2, 0.25) is 0 Å². The minimum atomic E-state index is -0.503. The summed E-state index contributed by atoms with van der Waals surface area (Å²) >= 11 is 0. The molecule has 0 bridgehead atoms. The number of hydrogen-bond donors (Lipinski definition) is 1. The normalized spacial score (nSPS) is 22.7. The lowest BCUT2D eigenvalue weighted by atomic mass is 9.97. The van der Waals surface area contributed by atoms with Gasteiger partial charge in [-0.15, -0.1) is 0 Å². The largest absolute Gasteiger partial charge is 0.462 e. The van der Waals surface area contributed by atoms with Crippen molar-refractivity contribution in [1.82, 2.24) is 9.78 Å². The first kappa shape index (κ1) is 13.4. The number of esters is 1. The SMILES string of the molecule is CCOC(=O)c1cn([C@H]2COCCC2C#N)nc1N. The van der Waals surface area contributed by atoms with Crippen LogP contribution in [0.4, 0.5) is 5.82 Å². The van der Waals surface area contributed by atoms with Crippen LogP contribution in [0.25, 0.3) is 0 Å². The molecule has 2 atom stereocenters. The van der Waals surface area contributed by atoms with E-state index in [1.54, 1.807) is 6.92 Å². The van der Waals surface area contributed by atoms with E-state index in [1.807, 2.05) is 0 Å². The van der Waals surface area contributed by atoms with Gasteiger partial charge in [0.2, 0.25) is 0 Å². The van der Waals surface area contributed by atoms with E-state index in [-0.39, 0.29) is 29.9 Å². The van der Waals surface area contributed by atoms with Crippen LogP contribution in [0, 0.1) is 17.2 Å². The highest BCUT2D eigenvalue weighted by Gasteiger charge is 2.29. The summed E-state index contributed by atoms with van der Waals surface area (Å²) in [6, 6.07) is 2.02. The smallest absolute Gasteiger partial charge is 0.343 e. The van der Waals surface area contributed by atoms with Crippen LogP contribution < -0.4 is 5.73 Å². The third kappa shape index (κ3) is 2.69. The van der Waals surface area contributed by atoms with Crippen molar-refractivity contribution in [1.29, 1.82) is 5.26 Å². The monoisotopic (exact) mass is 264 g/mol. The fraction of sp³-hybridized carbons (Fsp3) is 0.583. The summed E-state index contributed by atoms with van der Waals surface area (Å²) < 4.78 is 11.8. The highest BCUT2D eigenvalue weighted by atomic mass is 16.5. The Morgan fingerprint density at radius 2 is 2.58 bits per heavy atom. The number of carbonyl (C=O) groups excluding carboxylic acids is 1. The quantitative estimate of drug-likeness (QED) is 0.808. The molecule has 0 aromatic carbocycles. The Labute approximate surface area is 110 Å². The zero-order valence-electron chi connectivity index (χ0n) is 10.7. The zero-order chi connectivity index (χ0) is 13.8. The van der Waals surface area contributed by atoms with Crippen LogP contribution in [0.5, 0.6) is 0 Å². The lowest BCUT2D eigenvalue weighted by molar-refractivity contribution is 0.0340. The van der Waals surface area contributed by atoms with E-state index in [4.69, 9.17) is 20.5 Å². The van der Waals surface area contributed by atoms with Crippen molar-refractivity contribution in [3.8, 4) is 6.07 Å². The molecule has 19 heavy (non-hydrogen) atoms. The maximum absolute atomic E-state index is 11.7. The van der Waals surface area contributed by atoms with Crippen LogP contribution in [0.1, 0.15) is 29.7 Å². The van der Waals surface area contributed by atoms with Crippen LogP contribution in [-0.2, 0) is 9.47 Å². The molecule has 1 aromatic heterocycles. The van der Waals surface area contributed by atoms with Gasteiger partial charge in [-0.05, 0) is 13.3 Å². The number of nitrogens with zero attached hydrogens (tertiary/aromatic N) is 3. The molecule has 0 aliphatic carbocycles. The molecule has 1 unspecified atom stereocenters. The van der Waals surface area contributed by atoms with Gasteiger partial charge in [-0.3, -0.25) is 4.68 Å². The van der Waals surface area contributed by atoms with E-state index in [0.717, 1.165) is 0 Å². The Bertz CT molecular complexity index is 506. The minimum absolute atomic E-state index is 0.112. The first-order valence-electron chi connectivity index (χ1n) is 6.16. The van der Waals surface area contributed by atoms with Gasteiger partial charge in [0.05, 0.1) is 31.2 Å². The number of hydrogen-bond acceptors (Lipinski definition) is 6. The molecule has 1 aromatic rings. The van der Waals surface area contributed by atoms with Gasteiger partial charge in [0.25, 0.3) is 0 Å². The Morgan fingerprint density at radius 3 is 3.26 bits per heavy atom. The van der Waals surface area contributed by atoms with Gasteiger partial charge in [-0.2, -0.15) is 10.4 Å². The number of ether oxygens (including phenoxy) is 2. The predicted octanol–water partition coefficient (Wildman–Crippen LogP) is 0.743. The Kier molecular flexibility index (Phi) is 4.02. The molecule has 0 spiro atoms. The molecule has 1 saturated heterocycles. The molecular weight excluding hydrogens is 248 g/mol. The zero-order valence-corrected chi connectivity index (χ0v) is 10.7. The lowest BCUT2D eigenvalue weighted by Gasteiger charge is -2.26. The van der Waals surface area contributed by atoms with Crippen molar-refractivity contribution in [3.63, 3.8) is 0 Å². The summed E-state index contributed by atoms with van der Waals surface area (Å²) in [4.78, 5) is 11.7. The van der Waals surface area contributed by atoms with E-state index < -0.39 is 5.97 Å². The number of rotatable bonds is 3. The second kappa shape index (κ2) is 5.71. The molecule has 1 fully saturated rings. The molecule has 7 nitrogen and oxygen atoms in total. The molecule has 0 saturated carbocycles. The highest BCUT2D eigenvalue weighted by molar-refractivity contribution is 5.93. The summed E-state index contributed by atoms with van der Waals surface area (Å²) in [6.45, 7) is 2.95. The Hall–Kier alpha value is -2.07. The fourth-order valence-electron chi connectivity index (χ4n) is 2.08. The Morgan fingerprint density at radius 1 is 1.79 bits per heavy atom. The van der Waals surface area contributed by atoms with Crippen LogP contribution in [0.3, 0.4) is 0 Å². The third-order valence-corrected chi connectivity index (χ3v) is 3.09. The molecule has 7 heteroatoms. The van der Waals surface area contributed by atoms with Crippen LogP contribution in [-0.4, -0.2) is 35.6 Å². The molecule has 1 aliphatic heterocycles. The standard InChI is InChI=1S/C12H16N4O3/c1-2-19-12(17)9-6-16(15-11(9)14)10-7-18-4-3-8(10)5-13/h6,8,10H,2-4,7H2,1H3,(H2,14,15)/t8?,10-/m0/s1. The number of nitrogen functional groups attached to an aromatic ring is 1. The van der Waals surface area contributed by atoms with Crippen LogP contribution in [0.15, 0.2) is 6.20 Å². The lowest BCUT2D eigenvalue weighted by Crippen LogP contribution is -2.29. The van der Waals surface area contributed by atoms with E-state index in [9.17, 15) is 4.79 Å². The minimum Gasteiger partial charge on any atom is -0.462 e. The van der Waals surface area contributed by atoms with Crippen molar-refractivity contribution < 1.29 is 14.3 Å². The fourth-order valence-corrected chi connectivity index (χ4v) is 2.08. The molecule has 1 aliphatic rings. The molecule has 102 valence electrons. The number of anilines is 1. The number of nitriles is 1. The van der Waals surface area contributed by atoms with Crippen molar-refractivity contribution >= 4 is 11.8 Å². The van der Waals surface area contributed by atoms with Crippen molar-refractivity contribution in [2.24, 2.45) is 5.92 Å². The summed E-state index contributed by atoms with van der Waals surface area (Å²) in [6.07, 6.45) is 2.17. The second-order valence-corrected chi connectivity index (χ2v) is 4.30. The molecule has 2 rings (SSSR count). The van der Waals surface area contributed by atoms with Crippen LogP contribution >= 0.6 is 0 Å². The van der Waals surface area contributed by atoms with Crippen molar-refractivity contribution in [2.75, 3.05) is 25.6 Å². The average Bonchev–Trinajstić information content (AvgIpc) is 2.81. The second-order valence-electron chi connectivity index (χ2n) is 4.30. The van der Waals surface area contributed by atoms with Crippen molar-refractivity contribution in [2.45, 2.75) is 19.4 Å². The molecule has 0 amide bonds. The molecule has 0 radical (unpaired) electrons. The van der Waals surface area contributed by atoms with Gasteiger partial charge >= 0.3 is 5.97 Å². The van der Waals surface area contributed by atoms with Gasteiger partial charge in [-0.1, -0.05) is 0 Å². The van der Waals surface area contributed by atoms with Gasteiger partial charge in [0.15, 0.2) is 5.82 Å². The predicted molar refractivity (Wildman–Crippen MR) is 66.2 cm³/mol. The number of nitrogens with two attached hydrogens (primary N) is 1. The number of aromatic nitrogens is 2. The first-order chi connectivity index (χ1) is 9.17. The van der Waals surface area contributed by atoms with Crippen molar-refractivity contribution in [3.05, 3.63) is 11.8 Å². The third-order valence-electron chi connectivity index (χ3n) is 3.09. The van der Waals surface area contributed by atoms with Gasteiger partial charge in [0.1, 0.15) is 5.56 Å². The number of carbonyl (C=O) groups is 1. The maximum atomic E-state index is 11.7. The van der Waals surface area contributed by atoms with E-state index in [1.165, 1.54) is 10.9 Å². The van der Waals surface area contributed by atoms with E-state index >= 15 is 0 Å². The Balaban J connectivity index is 2.23. The van der Waals surface area contributed by atoms with Gasteiger partial charge in [-0.25, -0.2) is 4.79 Å². The molecule has 2 N–H and O–H groups in total. The first-order valence-corrected chi connectivity index (χ1v) is 6.16. The average molecular weight is 264 g/mol.